The highest BCUT2D eigenvalue weighted by Gasteiger charge is 2.58. The summed E-state index contributed by atoms with van der Waals surface area (Å²) < 4.78 is 2.12. The molecule has 2 nitrogen and oxygen atoms in total. The summed E-state index contributed by atoms with van der Waals surface area (Å²) in [5.74, 6) is 1.45. The van der Waals surface area contributed by atoms with Gasteiger partial charge in [-0.3, -0.25) is 4.68 Å². The van der Waals surface area contributed by atoms with E-state index < -0.39 is 0 Å². The largest absolute Gasteiger partial charge is 0.270 e. The van der Waals surface area contributed by atoms with Crippen LogP contribution in [-0.4, -0.2) is 15.1 Å². The maximum Gasteiger partial charge on any atom is 0.0492 e. The van der Waals surface area contributed by atoms with Gasteiger partial charge < -0.3 is 0 Å². The Morgan fingerprint density at radius 3 is 2.79 bits per heavy atom. The lowest BCUT2D eigenvalue weighted by Crippen LogP contribution is -2.03. The molecule has 14 heavy (non-hydrogen) atoms. The summed E-state index contributed by atoms with van der Waals surface area (Å²) in [5, 5.41) is 5.43. The van der Waals surface area contributed by atoms with Gasteiger partial charge >= 0.3 is 0 Å². The number of hydrogen-bond donors (Lipinski definition) is 0. The van der Waals surface area contributed by atoms with Gasteiger partial charge in [-0.2, -0.15) is 5.10 Å². The van der Waals surface area contributed by atoms with Crippen molar-refractivity contribution in [3.8, 4) is 0 Å². The number of aryl methyl sites for hydroxylation is 1. The summed E-state index contributed by atoms with van der Waals surface area (Å²) in [5.41, 5.74) is 1.85. The second-order valence-electron chi connectivity index (χ2n) is 4.63. The SMILES string of the molecule is CCn1nccc1C1C(CBr)C1(C)C. The van der Waals surface area contributed by atoms with Crippen LogP contribution in [0.25, 0.3) is 0 Å². The van der Waals surface area contributed by atoms with Crippen LogP contribution in [-0.2, 0) is 6.54 Å². The molecule has 1 aliphatic rings. The van der Waals surface area contributed by atoms with Crippen molar-refractivity contribution >= 4 is 15.9 Å². The maximum atomic E-state index is 4.33. The molecule has 2 atom stereocenters. The topological polar surface area (TPSA) is 17.8 Å². The predicted octanol–water partition coefficient (Wildman–Crippen LogP) is 3.04. The number of rotatable bonds is 3. The van der Waals surface area contributed by atoms with E-state index in [0.29, 0.717) is 11.3 Å². The van der Waals surface area contributed by atoms with Gasteiger partial charge in [-0.25, -0.2) is 0 Å². The average molecular weight is 257 g/mol. The summed E-state index contributed by atoms with van der Waals surface area (Å²) in [6.07, 6.45) is 1.92. The zero-order valence-corrected chi connectivity index (χ0v) is 10.6. The van der Waals surface area contributed by atoms with Gasteiger partial charge in [0.25, 0.3) is 0 Å². The first-order chi connectivity index (χ1) is 6.62. The van der Waals surface area contributed by atoms with E-state index in [0.717, 1.165) is 17.8 Å². The van der Waals surface area contributed by atoms with E-state index in [1.807, 2.05) is 6.20 Å². The Hall–Kier alpha value is -0.310. The van der Waals surface area contributed by atoms with Gasteiger partial charge in [0.05, 0.1) is 0 Å². The lowest BCUT2D eigenvalue weighted by molar-refractivity contribution is 0.556. The Morgan fingerprint density at radius 2 is 2.29 bits per heavy atom. The molecule has 0 radical (unpaired) electrons. The molecule has 2 unspecified atom stereocenters. The van der Waals surface area contributed by atoms with Gasteiger partial charge in [-0.05, 0) is 24.3 Å². The molecule has 0 aliphatic heterocycles. The number of halogens is 1. The van der Waals surface area contributed by atoms with Gasteiger partial charge in [0.2, 0.25) is 0 Å². The molecule has 1 aromatic heterocycles. The molecule has 0 spiro atoms. The third-order valence-electron chi connectivity index (χ3n) is 3.58. The van der Waals surface area contributed by atoms with Crippen LogP contribution in [0.1, 0.15) is 32.4 Å². The Kier molecular flexibility index (Phi) is 2.46. The zero-order valence-electron chi connectivity index (χ0n) is 9.00. The molecule has 0 N–H and O–H groups in total. The molecule has 0 saturated heterocycles. The Balaban J connectivity index is 2.26. The predicted molar refractivity (Wildman–Crippen MR) is 61.7 cm³/mol. The van der Waals surface area contributed by atoms with E-state index >= 15 is 0 Å². The van der Waals surface area contributed by atoms with E-state index in [-0.39, 0.29) is 0 Å². The fourth-order valence-electron chi connectivity index (χ4n) is 2.49. The molecule has 3 heteroatoms. The van der Waals surface area contributed by atoms with Crippen molar-refractivity contribution in [2.45, 2.75) is 33.2 Å². The number of alkyl halides is 1. The van der Waals surface area contributed by atoms with Crippen LogP contribution < -0.4 is 0 Å². The Bertz CT molecular complexity index is 330. The van der Waals surface area contributed by atoms with E-state index in [1.165, 1.54) is 5.69 Å². The third-order valence-corrected chi connectivity index (χ3v) is 4.28. The van der Waals surface area contributed by atoms with Crippen molar-refractivity contribution in [3.63, 3.8) is 0 Å². The fraction of sp³-hybridized carbons (Fsp3) is 0.727. The average Bonchev–Trinajstić information content (AvgIpc) is 2.55. The van der Waals surface area contributed by atoms with Crippen molar-refractivity contribution in [1.82, 2.24) is 9.78 Å². The molecule has 1 heterocycles. The molecule has 1 saturated carbocycles. The Morgan fingerprint density at radius 1 is 1.57 bits per heavy atom. The molecule has 1 aromatic rings. The van der Waals surface area contributed by atoms with E-state index in [2.05, 4.69) is 52.5 Å². The van der Waals surface area contributed by atoms with Crippen LogP contribution in [0, 0.1) is 11.3 Å². The van der Waals surface area contributed by atoms with Gasteiger partial charge in [0.1, 0.15) is 0 Å². The van der Waals surface area contributed by atoms with Crippen molar-refractivity contribution in [2.24, 2.45) is 11.3 Å². The molecule has 78 valence electrons. The van der Waals surface area contributed by atoms with E-state index in [4.69, 9.17) is 0 Å². The molecule has 0 amide bonds. The minimum absolute atomic E-state index is 0.441. The molecule has 0 aromatic carbocycles. The van der Waals surface area contributed by atoms with Crippen LogP contribution >= 0.6 is 15.9 Å². The summed E-state index contributed by atoms with van der Waals surface area (Å²) >= 11 is 3.59. The molecular weight excluding hydrogens is 240 g/mol. The third kappa shape index (κ3) is 1.33. The fourth-order valence-corrected chi connectivity index (χ4v) is 3.70. The first-order valence-electron chi connectivity index (χ1n) is 5.20. The van der Waals surface area contributed by atoms with Crippen LogP contribution in [0.3, 0.4) is 0 Å². The molecule has 0 bridgehead atoms. The van der Waals surface area contributed by atoms with Crippen molar-refractivity contribution in [3.05, 3.63) is 18.0 Å². The Labute approximate surface area is 93.8 Å². The number of nitrogens with zero attached hydrogens (tertiary/aromatic N) is 2. The van der Waals surface area contributed by atoms with Crippen molar-refractivity contribution < 1.29 is 0 Å². The molecular formula is C11H17BrN2. The summed E-state index contributed by atoms with van der Waals surface area (Å²) in [7, 11) is 0. The highest BCUT2D eigenvalue weighted by molar-refractivity contribution is 9.09. The molecule has 1 fully saturated rings. The van der Waals surface area contributed by atoms with Gasteiger partial charge in [0, 0.05) is 29.7 Å². The first-order valence-corrected chi connectivity index (χ1v) is 6.32. The van der Waals surface area contributed by atoms with Crippen LogP contribution in [0.2, 0.25) is 0 Å². The lowest BCUT2D eigenvalue weighted by Gasteiger charge is -2.05. The maximum absolute atomic E-state index is 4.33. The molecule has 1 aliphatic carbocycles. The summed E-state index contributed by atoms with van der Waals surface area (Å²) in [4.78, 5) is 0. The highest BCUT2D eigenvalue weighted by atomic mass is 79.9. The van der Waals surface area contributed by atoms with Crippen molar-refractivity contribution in [2.75, 3.05) is 5.33 Å². The second kappa shape index (κ2) is 3.37. The van der Waals surface area contributed by atoms with E-state index in [1.54, 1.807) is 0 Å². The van der Waals surface area contributed by atoms with Crippen molar-refractivity contribution in [1.29, 1.82) is 0 Å². The summed E-state index contributed by atoms with van der Waals surface area (Å²) in [6.45, 7) is 7.81. The summed E-state index contributed by atoms with van der Waals surface area (Å²) in [6, 6.07) is 2.17. The standard InChI is InChI=1S/C11H17BrN2/c1-4-14-9(5-6-13-14)10-8(7-12)11(10,2)3/h5-6,8,10H,4,7H2,1-3H3. The molecule has 2 rings (SSSR count). The normalized spacial score (nSPS) is 29.1. The monoisotopic (exact) mass is 256 g/mol. The number of aromatic nitrogens is 2. The first kappa shape index (κ1) is 10.2. The van der Waals surface area contributed by atoms with E-state index in [9.17, 15) is 0 Å². The minimum atomic E-state index is 0.441. The van der Waals surface area contributed by atoms with Gasteiger partial charge in [-0.15, -0.1) is 0 Å². The van der Waals surface area contributed by atoms with Gasteiger partial charge in [-0.1, -0.05) is 29.8 Å². The van der Waals surface area contributed by atoms with Crippen LogP contribution in [0.5, 0.6) is 0 Å². The lowest BCUT2D eigenvalue weighted by atomic mass is 10.1. The second-order valence-corrected chi connectivity index (χ2v) is 5.28. The number of hydrogen-bond acceptors (Lipinski definition) is 1. The van der Waals surface area contributed by atoms with Crippen LogP contribution in [0.15, 0.2) is 12.3 Å². The smallest absolute Gasteiger partial charge is 0.0492 e. The highest BCUT2D eigenvalue weighted by Crippen LogP contribution is 2.64. The minimum Gasteiger partial charge on any atom is -0.270 e. The van der Waals surface area contributed by atoms with Gasteiger partial charge in [0.15, 0.2) is 0 Å². The van der Waals surface area contributed by atoms with Crippen LogP contribution in [0.4, 0.5) is 0 Å². The quantitative estimate of drug-likeness (QED) is 0.761. The zero-order chi connectivity index (χ0) is 10.3.